The summed E-state index contributed by atoms with van der Waals surface area (Å²) in [6, 6.07) is 27.8. The highest BCUT2D eigenvalue weighted by Gasteiger charge is 2.16. The second-order valence-electron chi connectivity index (χ2n) is 8.36. The Morgan fingerprint density at radius 3 is 2.46 bits per heavy atom. The van der Waals surface area contributed by atoms with Crippen molar-refractivity contribution in [1.29, 1.82) is 0 Å². The lowest BCUT2D eigenvalue weighted by molar-refractivity contribution is -0.122. The van der Waals surface area contributed by atoms with E-state index in [1.54, 1.807) is 37.3 Å². The van der Waals surface area contributed by atoms with E-state index >= 15 is 0 Å². The van der Waals surface area contributed by atoms with Crippen molar-refractivity contribution in [3.63, 3.8) is 0 Å². The maximum atomic E-state index is 12.4. The van der Waals surface area contributed by atoms with Gasteiger partial charge in [0.1, 0.15) is 12.6 Å². The predicted octanol–water partition coefficient (Wildman–Crippen LogP) is 5.09. The first-order chi connectivity index (χ1) is 18.0. The summed E-state index contributed by atoms with van der Waals surface area (Å²) in [6.07, 6.45) is 1.51. The Morgan fingerprint density at radius 2 is 1.65 bits per heavy atom. The largest absolute Gasteiger partial charge is 0.490 e. The Labute approximate surface area is 216 Å². The first-order valence-corrected chi connectivity index (χ1v) is 12.1. The second-order valence-corrected chi connectivity index (χ2v) is 8.36. The fraction of sp³-hybridized carbons (Fsp3) is 0.167. The molecule has 0 saturated carbocycles. The number of nitrogens with zero attached hydrogens (tertiary/aromatic N) is 1. The predicted molar refractivity (Wildman–Crippen MR) is 145 cm³/mol. The number of hydrogen-bond donors (Lipinski definition) is 2. The number of carbonyl (C=O) groups excluding carboxylic acids is 2. The summed E-state index contributed by atoms with van der Waals surface area (Å²) in [7, 11) is 0. The van der Waals surface area contributed by atoms with Gasteiger partial charge in [-0.15, -0.1) is 0 Å². The summed E-state index contributed by atoms with van der Waals surface area (Å²) in [5.41, 5.74) is 4.75. The number of nitrogens with one attached hydrogen (secondary N) is 2. The number of fused-ring (bicyclic) bond motifs is 1. The van der Waals surface area contributed by atoms with Crippen molar-refractivity contribution >= 4 is 28.8 Å². The molecule has 4 aromatic rings. The molecule has 0 aliphatic carbocycles. The molecule has 37 heavy (non-hydrogen) atoms. The summed E-state index contributed by atoms with van der Waals surface area (Å²) in [5, 5.41) is 9.00. The van der Waals surface area contributed by atoms with Gasteiger partial charge >= 0.3 is 0 Å². The van der Waals surface area contributed by atoms with Crippen LogP contribution in [-0.4, -0.2) is 30.7 Å². The van der Waals surface area contributed by atoms with Crippen LogP contribution >= 0.6 is 0 Å². The maximum Gasteiger partial charge on any atom is 0.262 e. The molecule has 4 aromatic carbocycles. The van der Waals surface area contributed by atoms with E-state index in [-0.39, 0.29) is 5.91 Å². The van der Waals surface area contributed by atoms with E-state index in [1.165, 1.54) is 6.21 Å². The molecule has 0 unspecified atom stereocenters. The molecule has 1 atom stereocenters. The van der Waals surface area contributed by atoms with Gasteiger partial charge in [0.15, 0.2) is 11.5 Å². The minimum Gasteiger partial charge on any atom is -0.490 e. The fourth-order valence-electron chi connectivity index (χ4n) is 3.77. The van der Waals surface area contributed by atoms with E-state index in [0.717, 1.165) is 21.9 Å². The van der Waals surface area contributed by atoms with Gasteiger partial charge in [-0.2, -0.15) is 5.10 Å². The zero-order valence-electron chi connectivity index (χ0n) is 20.8. The lowest BCUT2D eigenvalue weighted by atomic mass is 10.1. The number of hydrazone groups is 1. The summed E-state index contributed by atoms with van der Waals surface area (Å²) < 4.78 is 11.9. The van der Waals surface area contributed by atoms with Crippen LogP contribution in [0.3, 0.4) is 0 Å². The molecular formula is C30H29N3O4. The minimum atomic E-state index is -0.756. The van der Waals surface area contributed by atoms with E-state index in [2.05, 4.69) is 40.1 Å². The molecule has 7 heteroatoms. The number of carbonyl (C=O) groups is 2. The molecule has 0 aromatic heterocycles. The third-order valence-corrected chi connectivity index (χ3v) is 5.70. The van der Waals surface area contributed by atoms with E-state index in [0.29, 0.717) is 30.3 Å². The summed E-state index contributed by atoms with van der Waals surface area (Å²) >= 11 is 0. The second kappa shape index (κ2) is 12.4. The van der Waals surface area contributed by atoms with Crippen molar-refractivity contribution < 1.29 is 19.1 Å². The number of hydrogen-bond acceptors (Lipinski definition) is 5. The van der Waals surface area contributed by atoms with Crippen molar-refractivity contribution in [2.24, 2.45) is 5.10 Å². The molecule has 0 aliphatic heterocycles. The first-order valence-electron chi connectivity index (χ1n) is 12.1. The van der Waals surface area contributed by atoms with Gasteiger partial charge in [0, 0.05) is 5.56 Å². The molecule has 2 N–H and O–H groups in total. The molecule has 0 heterocycles. The molecular weight excluding hydrogens is 466 g/mol. The molecule has 4 rings (SSSR count). The van der Waals surface area contributed by atoms with Crippen LogP contribution in [0.4, 0.5) is 0 Å². The van der Waals surface area contributed by atoms with Gasteiger partial charge in [0.25, 0.3) is 11.8 Å². The van der Waals surface area contributed by atoms with Crippen LogP contribution in [0.2, 0.25) is 0 Å². The highest BCUT2D eigenvalue weighted by molar-refractivity contribution is 5.97. The van der Waals surface area contributed by atoms with Gasteiger partial charge in [-0.25, -0.2) is 5.43 Å². The molecule has 0 radical (unpaired) electrons. The Morgan fingerprint density at radius 1 is 0.892 bits per heavy atom. The van der Waals surface area contributed by atoms with Crippen LogP contribution in [0.5, 0.6) is 11.5 Å². The zero-order chi connectivity index (χ0) is 26.0. The van der Waals surface area contributed by atoms with Crippen molar-refractivity contribution in [1.82, 2.24) is 10.7 Å². The van der Waals surface area contributed by atoms with Gasteiger partial charge in [0.2, 0.25) is 0 Å². The highest BCUT2D eigenvalue weighted by atomic mass is 16.5. The molecule has 0 bridgehead atoms. The SMILES string of the molecule is CCOc1cc(/C=N\NC(=O)[C@@H](C)NC(=O)c2ccccc2)ccc1OCc1cccc2ccccc12. The van der Waals surface area contributed by atoms with Crippen LogP contribution in [0.1, 0.15) is 35.3 Å². The summed E-state index contributed by atoms with van der Waals surface area (Å²) in [6.45, 7) is 4.37. The summed E-state index contributed by atoms with van der Waals surface area (Å²) in [4.78, 5) is 24.6. The smallest absolute Gasteiger partial charge is 0.262 e. The molecule has 7 nitrogen and oxygen atoms in total. The van der Waals surface area contributed by atoms with Crippen molar-refractivity contribution in [2.45, 2.75) is 26.5 Å². The standard InChI is InChI=1S/C30H29N3O4/c1-3-36-28-18-22(19-31-33-29(34)21(2)32-30(35)24-11-5-4-6-12-24)16-17-27(28)37-20-25-14-9-13-23-10-7-8-15-26(23)25/h4-19,21H,3,20H2,1-2H3,(H,32,35)(H,33,34)/b31-19-/t21-/m1/s1. The molecule has 188 valence electrons. The maximum absolute atomic E-state index is 12.4. The van der Waals surface area contributed by atoms with E-state index in [1.807, 2.05) is 43.3 Å². The first kappa shape index (κ1) is 25.4. The van der Waals surface area contributed by atoms with E-state index < -0.39 is 11.9 Å². The van der Waals surface area contributed by atoms with Gasteiger partial charge in [0.05, 0.1) is 12.8 Å². The number of rotatable bonds is 10. The minimum absolute atomic E-state index is 0.326. The van der Waals surface area contributed by atoms with Crippen molar-refractivity contribution in [2.75, 3.05) is 6.61 Å². The average Bonchev–Trinajstić information content (AvgIpc) is 2.93. The fourth-order valence-corrected chi connectivity index (χ4v) is 3.77. The molecule has 2 amide bonds. The quantitative estimate of drug-likeness (QED) is 0.237. The van der Waals surface area contributed by atoms with Crippen LogP contribution in [0.15, 0.2) is 96.1 Å². The Balaban J connectivity index is 1.37. The number of ether oxygens (including phenoxy) is 2. The zero-order valence-corrected chi connectivity index (χ0v) is 20.8. The highest BCUT2D eigenvalue weighted by Crippen LogP contribution is 2.30. The van der Waals surface area contributed by atoms with Crippen LogP contribution in [-0.2, 0) is 11.4 Å². The van der Waals surface area contributed by atoms with E-state index in [9.17, 15) is 9.59 Å². The van der Waals surface area contributed by atoms with Gasteiger partial charge in [-0.1, -0.05) is 60.7 Å². The third kappa shape index (κ3) is 6.73. The third-order valence-electron chi connectivity index (χ3n) is 5.70. The normalized spacial score (nSPS) is 11.7. The molecule has 0 aliphatic rings. The van der Waals surface area contributed by atoms with Gasteiger partial charge in [-0.3, -0.25) is 9.59 Å². The Bertz CT molecular complexity index is 1400. The van der Waals surface area contributed by atoms with Gasteiger partial charge in [-0.05, 0) is 66.1 Å². The summed E-state index contributed by atoms with van der Waals surface area (Å²) in [5.74, 6) is 0.447. The van der Waals surface area contributed by atoms with Gasteiger partial charge < -0.3 is 14.8 Å². The molecule has 0 fully saturated rings. The van der Waals surface area contributed by atoms with Crippen LogP contribution in [0.25, 0.3) is 10.8 Å². The van der Waals surface area contributed by atoms with Crippen molar-refractivity contribution in [3.05, 3.63) is 108 Å². The lowest BCUT2D eigenvalue weighted by Gasteiger charge is -2.14. The number of benzene rings is 4. The lowest BCUT2D eigenvalue weighted by Crippen LogP contribution is -2.43. The van der Waals surface area contributed by atoms with Crippen molar-refractivity contribution in [3.8, 4) is 11.5 Å². The topological polar surface area (TPSA) is 89.0 Å². The molecule has 0 spiro atoms. The monoisotopic (exact) mass is 495 g/mol. The average molecular weight is 496 g/mol. The van der Waals surface area contributed by atoms with Crippen LogP contribution in [0, 0.1) is 0 Å². The number of amides is 2. The van der Waals surface area contributed by atoms with E-state index in [4.69, 9.17) is 9.47 Å². The molecule has 0 saturated heterocycles. The van der Waals surface area contributed by atoms with Crippen LogP contribution < -0.4 is 20.2 Å². The Hall–Kier alpha value is -4.65. The Kier molecular flexibility index (Phi) is 8.49.